The zero-order chi connectivity index (χ0) is 7.28. The van der Waals surface area contributed by atoms with E-state index in [1.54, 1.807) is 6.92 Å². The van der Waals surface area contributed by atoms with Crippen molar-refractivity contribution in [2.24, 2.45) is 0 Å². The predicted octanol–water partition coefficient (Wildman–Crippen LogP) is -0.155. The van der Waals surface area contributed by atoms with Gasteiger partial charge in [0.1, 0.15) is 0 Å². The molecular formula is C6H8O3. The molecule has 50 valence electrons. The van der Waals surface area contributed by atoms with Crippen LogP contribution in [0.15, 0.2) is 0 Å². The Morgan fingerprint density at radius 3 is 2.67 bits per heavy atom. The van der Waals surface area contributed by atoms with Gasteiger partial charge in [0, 0.05) is 12.3 Å². The predicted molar refractivity (Wildman–Crippen MR) is 31.7 cm³/mol. The quantitative estimate of drug-likeness (QED) is 0.482. The Kier molecular flexibility index (Phi) is 3.49. The number of hydrogen-bond acceptors (Lipinski definition) is 2. The van der Waals surface area contributed by atoms with Gasteiger partial charge in [0.05, 0.1) is 6.10 Å². The van der Waals surface area contributed by atoms with E-state index in [9.17, 15) is 4.79 Å². The molecule has 0 bridgehead atoms. The Morgan fingerprint density at radius 2 is 2.33 bits per heavy atom. The summed E-state index contributed by atoms with van der Waals surface area (Å²) in [5.74, 6) is 3.01. The van der Waals surface area contributed by atoms with Crippen molar-refractivity contribution >= 4 is 5.97 Å². The molecule has 0 rings (SSSR count). The zero-order valence-corrected chi connectivity index (χ0v) is 5.09. The molecule has 0 aliphatic carbocycles. The summed E-state index contributed by atoms with van der Waals surface area (Å²) in [4.78, 5) is 9.73. The van der Waals surface area contributed by atoms with E-state index in [-0.39, 0.29) is 6.42 Å². The van der Waals surface area contributed by atoms with Crippen molar-refractivity contribution in [3.8, 4) is 11.8 Å². The maximum Gasteiger partial charge on any atom is 0.381 e. The molecule has 0 radical (unpaired) electrons. The van der Waals surface area contributed by atoms with Crippen LogP contribution in [0.1, 0.15) is 13.3 Å². The van der Waals surface area contributed by atoms with Crippen LogP contribution >= 0.6 is 0 Å². The highest BCUT2D eigenvalue weighted by Crippen LogP contribution is 1.83. The van der Waals surface area contributed by atoms with Crippen LogP contribution in [0.25, 0.3) is 0 Å². The summed E-state index contributed by atoms with van der Waals surface area (Å²) in [6, 6.07) is 0. The maximum atomic E-state index is 9.73. The molecule has 0 aliphatic rings. The highest BCUT2D eigenvalue weighted by molar-refractivity contribution is 5.86. The second-order valence-electron chi connectivity index (χ2n) is 1.66. The number of aliphatic hydroxyl groups is 1. The fraction of sp³-hybridized carbons (Fsp3) is 0.500. The van der Waals surface area contributed by atoms with E-state index < -0.39 is 12.1 Å². The number of rotatable bonds is 1. The Morgan fingerprint density at radius 1 is 1.78 bits per heavy atom. The Labute approximate surface area is 53.3 Å². The van der Waals surface area contributed by atoms with Gasteiger partial charge in [-0.3, -0.25) is 0 Å². The lowest BCUT2D eigenvalue weighted by Crippen LogP contribution is -1.96. The lowest BCUT2D eigenvalue weighted by Gasteiger charge is -1.91. The van der Waals surface area contributed by atoms with Gasteiger partial charge in [-0.25, -0.2) is 4.79 Å². The average Bonchev–Trinajstić information content (AvgIpc) is 1.63. The van der Waals surface area contributed by atoms with Crippen LogP contribution in [0.3, 0.4) is 0 Å². The molecule has 0 heterocycles. The molecule has 0 aromatic carbocycles. The summed E-state index contributed by atoms with van der Waals surface area (Å²) < 4.78 is 0. The number of aliphatic hydroxyl groups excluding tert-OH is 1. The lowest BCUT2D eigenvalue weighted by molar-refractivity contribution is -0.130. The second-order valence-corrected chi connectivity index (χ2v) is 1.66. The van der Waals surface area contributed by atoms with Gasteiger partial charge in [0.2, 0.25) is 0 Å². The first-order valence-electron chi connectivity index (χ1n) is 2.53. The SMILES string of the molecule is C[C@H](O)CC#CC(=O)O. The molecule has 9 heavy (non-hydrogen) atoms. The van der Waals surface area contributed by atoms with E-state index in [0.29, 0.717) is 0 Å². The summed E-state index contributed by atoms with van der Waals surface area (Å²) in [7, 11) is 0. The molecule has 0 spiro atoms. The smallest absolute Gasteiger partial charge is 0.381 e. The molecule has 1 atom stereocenters. The third-order valence-corrected chi connectivity index (χ3v) is 0.593. The first kappa shape index (κ1) is 7.99. The minimum atomic E-state index is -1.16. The molecule has 0 aromatic rings. The highest BCUT2D eigenvalue weighted by Gasteiger charge is 1.89. The molecule has 0 amide bonds. The fourth-order valence-corrected chi connectivity index (χ4v) is 0.274. The van der Waals surface area contributed by atoms with Crippen molar-refractivity contribution in [1.82, 2.24) is 0 Å². The van der Waals surface area contributed by atoms with Crippen molar-refractivity contribution in [2.45, 2.75) is 19.4 Å². The van der Waals surface area contributed by atoms with Crippen LogP contribution in [0.4, 0.5) is 0 Å². The van der Waals surface area contributed by atoms with Crippen LogP contribution in [-0.2, 0) is 4.79 Å². The molecule has 0 saturated heterocycles. The van der Waals surface area contributed by atoms with E-state index in [1.165, 1.54) is 0 Å². The van der Waals surface area contributed by atoms with Crippen LogP contribution in [0.2, 0.25) is 0 Å². The Hall–Kier alpha value is -1.01. The molecule has 0 aromatic heterocycles. The molecule has 0 fully saturated rings. The van der Waals surface area contributed by atoms with E-state index in [4.69, 9.17) is 10.2 Å². The second kappa shape index (κ2) is 3.93. The molecule has 3 nitrogen and oxygen atoms in total. The van der Waals surface area contributed by atoms with Crippen LogP contribution < -0.4 is 0 Å². The summed E-state index contributed by atoms with van der Waals surface area (Å²) in [5, 5.41) is 16.5. The fourth-order valence-electron chi connectivity index (χ4n) is 0.274. The minimum Gasteiger partial charge on any atom is -0.472 e. The number of aliphatic carboxylic acids is 1. The van der Waals surface area contributed by atoms with Gasteiger partial charge >= 0.3 is 5.97 Å². The van der Waals surface area contributed by atoms with Gasteiger partial charge < -0.3 is 10.2 Å². The first-order chi connectivity index (χ1) is 4.13. The Balaban J connectivity index is 3.50. The van der Waals surface area contributed by atoms with E-state index in [2.05, 4.69) is 5.92 Å². The van der Waals surface area contributed by atoms with Gasteiger partial charge in [-0.1, -0.05) is 5.92 Å². The normalized spacial score (nSPS) is 11.3. The van der Waals surface area contributed by atoms with Crippen molar-refractivity contribution in [2.75, 3.05) is 0 Å². The largest absolute Gasteiger partial charge is 0.472 e. The standard InChI is InChI=1S/C6H8O3/c1-5(7)3-2-4-6(8)9/h5,7H,3H2,1H3,(H,8,9)/t5-/m0/s1. The first-order valence-corrected chi connectivity index (χ1v) is 2.53. The van der Waals surface area contributed by atoms with Gasteiger partial charge in [0.25, 0.3) is 0 Å². The lowest BCUT2D eigenvalue weighted by atomic mass is 10.3. The van der Waals surface area contributed by atoms with Crippen molar-refractivity contribution in [3.05, 3.63) is 0 Å². The highest BCUT2D eigenvalue weighted by atomic mass is 16.4. The van der Waals surface area contributed by atoms with Crippen LogP contribution in [-0.4, -0.2) is 22.3 Å². The number of carbonyl (C=O) groups is 1. The summed E-state index contributed by atoms with van der Waals surface area (Å²) in [5.41, 5.74) is 0. The van der Waals surface area contributed by atoms with Crippen molar-refractivity contribution in [1.29, 1.82) is 0 Å². The maximum absolute atomic E-state index is 9.73. The topological polar surface area (TPSA) is 57.5 Å². The summed E-state index contributed by atoms with van der Waals surface area (Å²) >= 11 is 0. The van der Waals surface area contributed by atoms with Gasteiger partial charge in [-0.05, 0) is 6.92 Å². The zero-order valence-electron chi connectivity index (χ0n) is 5.09. The minimum absolute atomic E-state index is 0.215. The average molecular weight is 128 g/mol. The van der Waals surface area contributed by atoms with Crippen LogP contribution in [0.5, 0.6) is 0 Å². The Bertz CT molecular complexity index is 149. The summed E-state index contributed by atoms with van der Waals surface area (Å²) in [6.07, 6.45) is -0.330. The molecule has 0 aliphatic heterocycles. The van der Waals surface area contributed by atoms with Crippen LogP contribution in [0, 0.1) is 11.8 Å². The number of carboxylic acids is 1. The molecule has 2 N–H and O–H groups in total. The number of carboxylic acid groups (broad SMARTS) is 1. The number of hydrogen-bond donors (Lipinski definition) is 2. The monoisotopic (exact) mass is 128 g/mol. The molecular weight excluding hydrogens is 120 g/mol. The molecule has 0 saturated carbocycles. The van der Waals surface area contributed by atoms with Gasteiger partial charge in [-0.15, -0.1) is 0 Å². The molecule has 3 heteroatoms. The third-order valence-electron chi connectivity index (χ3n) is 0.593. The van der Waals surface area contributed by atoms with Crippen molar-refractivity contribution in [3.63, 3.8) is 0 Å². The van der Waals surface area contributed by atoms with E-state index in [1.807, 2.05) is 5.92 Å². The van der Waals surface area contributed by atoms with Gasteiger partial charge in [0.15, 0.2) is 0 Å². The van der Waals surface area contributed by atoms with E-state index in [0.717, 1.165) is 0 Å². The third kappa shape index (κ3) is 6.99. The van der Waals surface area contributed by atoms with Crippen molar-refractivity contribution < 1.29 is 15.0 Å². The summed E-state index contributed by atoms with van der Waals surface area (Å²) in [6.45, 7) is 1.55. The van der Waals surface area contributed by atoms with Gasteiger partial charge in [-0.2, -0.15) is 0 Å². The molecule has 0 unspecified atom stereocenters. The van der Waals surface area contributed by atoms with E-state index >= 15 is 0 Å².